The lowest BCUT2D eigenvalue weighted by Gasteiger charge is -2.15. The molecule has 2 amide bonds. The zero-order valence-electron chi connectivity index (χ0n) is 13.4. The van der Waals surface area contributed by atoms with E-state index in [0.29, 0.717) is 18.7 Å². The van der Waals surface area contributed by atoms with Crippen molar-refractivity contribution in [2.24, 2.45) is 5.10 Å². The van der Waals surface area contributed by atoms with Gasteiger partial charge in [0, 0.05) is 18.9 Å². The van der Waals surface area contributed by atoms with Crippen molar-refractivity contribution in [2.75, 3.05) is 13.1 Å². The number of aryl methyl sites for hydroxylation is 1. The van der Waals surface area contributed by atoms with Crippen LogP contribution in [-0.2, 0) is 9.59 Å². The minimum absolute atomic E-state index is 0.00959. The van der Waals surface area contributed by atoms with E-state index >= 15 is 0 Å². The number of rotatable bonds is 5. The van der Waals surface area contributed by atoms with E-state index in [2.05, 4.69) is 10.5 Å². The first kappa shape index (κ1) is 16.0. The molecule has 1 fully saturated rings. The van der Waals surface area contributed by atoms with E-state index in [1.54, 1.807) is 11.0 Å². The zero-order valence-corrected chi connectivity index (χ0v) is 13.4. The molecular weight excluding hydrogens is 306 g/mol. The smallest absolute Gasteiger partial charge is 0.259 e. The van der Waals surface area contributed by atoms with Crippen molar-refractivity contribution in [3.63, 3.8) is 0 Å². The largest absolute Gasteiger partial charge is 0.460 e. The Kier molecular flexibility index (Phi) is 4.74. The first-order valence-corrected chi connectivity index (χ1v) is 7.83. The number of furan rings is 1. The normalized spacial score (nSPS) is 17.6. The summed E-state index contributed by atoms with van der Waals surface area (Å²) in [4.78, 5) is 25.6. The molecule has 0 radical (unpaired) electrons. The summed E-state index contributed by atoms with van der Waals surface area (Å²) in [7, 11) is 0. The van der Waals surface area contributed by atoms with Crippen molar-refractivity contribution < 1.29 is 14.0 Å². The molecule has 1 N–H and O–H groups in total. The second kappa shape index (κ2) is 7.12. The second-order valence-corrected chi connectivity index (χ2v) is 5.83. The van der Waals surface area contributed by atoms with Gasteiger partial charge in [0.05, 0.1) is 6.21 Å². The molecular formula is C18H19N3O3. The lowest BCUT2D eigenvalue weighted by Crippen LogP contribution is -2.36. The van der Waals surface area contributed by atoms with Gasteiger partial charge in [-0.15, -0.1) is 0 Å². The summed E-state index contributed by atoms with van der Waals surface area (Å²) in [5, 5.41) is 3.84. The average Bonchev–Trinajstić information content (AvgIpc) is 3.15. The molecule has 0 bridgehead atoms. The number of carbonyl (C=O) groups is 2. The fourth-order valence-corrected chi connectivity index (χ4v) is 2.77. The Balaban J connectivity index is 1.51. The summed E-state index contributed by atoms with van der Waals surface area (Å²) in [6, 6.07) is 13.5. The molecule has 0 spiro atoms. The molecule has 0 saturated carbocycles. The fourth-order valence-electron chi connectivity index (χ4n) is 2.77. The van der Waals surface area contributed by atoms with Crippen LogP contribution in [0.25, 0.3) is 0 Å². The van der Waals surface area contributed by atoms with Crippen molar-refractivity contribution in [1.29, 1.82) is 0 Å². The maximum atomic E-state index is 12.1. The van der Waals surface area contributed by atoms with Gasteiger partial charge in [-0.25, -0.2) is 5.43 Å². The predicted octanol–water partition coefficient (Wildman–Crippen LogP) is 2.05. The number of hydrazone groups is 1. The summed E-state index contributed by atoms with van der Waals surface area (Å²) >= 11 is 0. The average molecular weight is 325 g/mol. The highest BCUT2D eigenvalue weighted by atomic mass is 16.3. The van der Waals surface area contributed by atoms with Gasteiger partial charge >= 0.3 is 0 Å². The Morgan fingerprint density at radius 2 is 2.12 bits per heavy atom. The lowest BCUT2D eigenvalue weighted by atomic mass is 9.99. The molecule has 6 heteroatoms. The maximum absolute atomic E-state index is 12.1. The Morgan fingerprint density at radius 3 is 2.83 bits per heavy atom. The monoisotopic (exact) mass is 325 g/mol. The van der Waals surface area contributed by atoms with Crippen molar-refractivity contribution in [2.45, 2.75) is 19.3 Å². The van der Waals surface area contributed by atoms with Crippen molar-refractivity contribution in [1.82, 2.24) is 10.3 Å². The fraction of sp³-hybridized carbons (Fsp3) is 0.278. The Labute approximate surface area is 140 Å². The molecule has 3 rings (SSSR count). The highest BCUT2D eigenvalue weighted by Crippen LogP contribution is 2.27. The van der Waals surface area contributed by atoms with Crippen LogP contribution in [0.3, 0.4) is 0 Å². The molecule has 0 aliphatic carbocycles. The highest BCUT2D eigenvalue weighted by molar-refractivity contribution is 5.87. The standard InChI is InChI=1S/C18H19N3O3/c1-13-7-8-16(24-13)10-19-20-17(22)12-21-11-15(9-18(21)23)14-5-3-2-4-6-14/h2-8,10,15H,9,11-12H2,1H3,(H,20,22)/b19-10-/t15-/m1/s1. The topological polar surface area (TPSA) is 74.9 Å². The molecule has 6 nitrogen and oxygen atoms in total. The number of nitrogens with zero attached hydrogens (tertiary/aromatic N) is 2. The SMILES string of the molecule is Cc1ccc(/C=N\NC(=O)CN2C[C@H](c3ccccc3)CC2=O)o1. The number of nitrogens with one attached hydrogen (secondary N) is 1. The highest BCUT2D eigenvalue weighted by Gasteiger charge is 2.31. The Hall–Kier alpha value is -2.89. The molecule has 1 saturated heterocycles. The van der Waals surface area contributed by atoms with E-state index in [-0.39, 0.29) is 24.3 Å². The van der Waals surface area contributed by atoms with E-state index in [4.69, 9.17) is 4.42 Å². The van der Waals surface area contributed by atoms with Crippen LogP contribution >= 0.6 is 0 Å². The van der Waals surface area contributed by atoms with Gasteiger partial charge in [-0.05, 0) is 24.6 Å². The Morgan fingerprint density at radius 1 is 1.33 bits per heavy atom. The summed E-state index contributed by atoms with van der Waals surface area (Å²) in [6.45, 7) is 2.39. The molecule has 1 aromatic carbocycles. The van der Waals surface area contributed by atoms with E-state index in [1.807, 2.05) is 43.3 Å². The van der Waals surface area contributed by atoms with Crippen molar-refractivity contribution in [3.8, 4) is 0 Å². The number of likely N-dealkylation sites (tertiary alicyclic amines) is 1. The van der Waals surface area contributed by atoms with Crippen LogP contribution in [0.5, 0.6) is 0 Å². The van der Waals surface area contributed by atoms with E-state index in [1.165, 1.54) is 6.21 Å². The van der Waals surface area contributed by atoms with E-state index < -0.39 is 0 Å². The molecule has 24 heavy (non-hydrogen) atoms. The lowest BCUT2D eigenvalue weighted by molar-refractivity contribution is -0.133. The number of hydrogen-bond donors (Lipinski definition) is 1. The van der Waals surface area contributed by atoms with Crippen LogP contribution in [0.4, 0.5) is 0 Å². The molecule has 2 heterocycles. The van der Waals surface area contributed by atoms with Gasteiger partial charge in [-0.1, -0.05) is 30.3 Å². The van der Waals surface area contributed by atoms with Gasteiger partial charge in [0.15, 0.2) is 0 Å². The number of amides is 2. The minimum atomic E-state index is -0.323. The number of hydrogen-bond acceptors (Lipinski definition) is 4. The number of benzene rings is 1. The molecule has 0 unspecified atom stereocenters. The van der Waals surface area contributed by atoms with E-state index in [9.17, 15) is 9.59 Å². The summed E-state index contributed by atoms with van der Waals surface area (Å²) < 4.78 is 5.31. The van der Waals surface area contributed by atoms with Gasteiger partial charge in [0.1, 0.15) is 18.1 Å². The third-order valence-corrected chi connectivity index (χ3v) is 3.96. The van der Waals surface area contributed by atoms with Crippen molar-refractivity contribution >= 4 is 18.0 Å². The summed E-state index contributed by atoms with van der Waals surface area (Å²) in [5.74, 6) is 1.15. The predicted molar refractivity (Wildman–Crippen MR) is 89.6 cm³/mol. The summed E-state index contributed by atoms with van der Waals surface area (Å²) in [5.41, 5.74) is 3.54. The van der Waals surface area contributed by atoms with Crippen LogP contribution in [-0.4, -0.2) is 36.0 Å². The molecule has 124 valence electrons. The second-order valence-electron chi connectivity index (χ2n) is 5.83. The first-order chi connectivity index (χ1) is 11.6. The van der Waals surface area contributed by atoms with Crippen LogP contribution in [0, 0.1) is 6.92 Å². The molecule has 1 aromatic heterocycles. The van der Waals surface area contributed by atoms with Gasteiger partial charge in [0.25, 0.3) is 5.91 Å². The third-order valence-electron chi connectivity index (χ3n) is 3.96. The third kappa shape index (κ3) is 3.90. The molecule has 2 aromatic rings. The van der Waals surface area contributed by atoms with Gasteiger partial charge in [-0.3, -0.25) is 9.59 Å². The minimum Gasteiger partial charge on any atom is -0.460 e. The van der Waals surface area contributed by atoms with Gasteiger partial charge in [0.2, 0.25) is 5.91 Å². The van der Waals surface area contributed by atoms with Gasteiger partial charge < -0.3 is 9.32 Å². The number of carbonyl (C=O) groups excluding carboxylic acids is 2. The zero-order chi connectivity index (χ0) is 16.9. The Bertz CT molecular complexity index is 752. The van der Waals surface area contributed by atoms with Gasteiger partial charge in [-0.2, -0.15) is 5.10 Å². The maximum Gasteiger partial charge on any atom is 0.259 e. The molecule has 1 atom stereocenters. The van der Waals surface area contributed by atoms with Crippen LogP contribution in [0.2, 0.25) is 0 Å². The summed E-state index contributed by atoms with van der Waals surface area (Å²) in [6.07, 6.45) is 1.87. The van der Waals surface area contributed by atoms with Crippen LogP contribution in [0.15, 0.2) is 52.0 Å². The first-order valence-electron chi connectivity index (χ1n) is 7.83. The van der Waals surface area contributed by atoms with E-state index in [0.717, 1.165) is 11.3 Å². The van der Waals surface area contributed by atoms with Crippen LogP contribution < -0.4 is 5.43 Å². The van der Waals surface area contributed by atoms with Crippen LogP contribution in [0.1, 0.15) is 29.4 Å². The molecule has 1 aliphatic heterocycles. The van der Waals surface area contributed by atoms with Crippen molar-refractivity contribution in [3.05, 3.63) is 59.5 Å². The quantitative estimate of drug-likeness (QED) is 0.675. The molecule has 1 aliphatic rings.